The summed E-state index contributed by atoms with van der Waals surface area (Å²) in [6.45, 7) is 2.13. The van der Waals surface area contributed by atoms with Crippen LogP contribution in [0, 0.1) is 5.41 Å². The number of hydrogen-bond acceptors (Lipinski definition) is 5. The quantitative estimate of drug-likeness (QED) is 0.843. The van der Waals surface area contributed by atoms with Gasteiger partial charge in [0.05, 0.1) is 0 Å². The van der Waals surface area contributed by atoms with Crippen molar-refractivity contribution in [1.82, 2.24) is 9.78 Å². The maximum absolute atomic E-state index is 12.1. The van der Waals surface area contributed by atoms with E-state index in [1.54, 1.807) is 12.1 Å². The van der Waals surface area contributed by atoms with Gasteiger partial charge >= 0.3 is 0 Å². The minimum Gasteiger partial charge on any atom is -0.347 e. The van der Waals surface area contributed by atoms with Crippen molar-refractivity contribution in [3.05, 3.63) is 40.7 Å². The first-order chi connectivity index (χ1) is 9.74. The number of carbonyl (C=O) groups excluding carboxylic acids is 1. The van der Waals surface area contributed by atoms with E-state index in [2.05, 4.69) is 10.00 Å². The highest BCUT2D eigenvalue weighted by Gasteiger charge is 2.17. The highest BCUT2D eigenvalue weighted by molar-refractivity contribution is 8.93. The molecule has 112 valence electrons. The van der Waals surface area contributed by atoms with Gasteiger partial charge in [0.1, 0.15) is 6.54 Å². The van der Waals surface area contributed by atoms with E-state index in [1.165, 1.54) is 28.9 Å². The van der Waals surface area contributed by atoms with Crippen LogP contribution in [0.25, 0.3) is 0 Å². The van der Waals surface area contributed by atoms with E-state index in [0.717, 1.165) is 18.2 Å². The Bertz CT molecular complexity index is 661. The van der Waals surface area contributed by atoms with Gasteiger partial charge in [-0.05, 0) is 12.8 Å². The lowest BCUT2D eigenvalue weighted by atomic mass is 10.1. The Kier molecular flexibility index (Phi) is 5.30. The van der Waals surface area contributed by atoms with E-state index in [-0.39, 0.29) is 29.3 Å². The molecule has 0 aliphatic carbocycles. The molecule has 1 aromatic heterocycles. The molecule has 0 amide bonds. The summed E-state index contributed by atoms with van der Waals surface area (Å²) >= 11 is 1.34. The van der Waals surface area contributed by atoms with E-state index in [9.17, 15) is 4.79 Å². The lowest BCUT2D eigenvalue weighted by Gasteiger charge is -2.11. The van der Waals surface area contributed by atoms with Gasteiger partial charge in [-0.3, -0.25) is 10.2 Å². The van der Waals surface area contributed by atoms with Crippen molar-refractivity contribution in [1.29, 1.82) is 5.41 Å². The molecular formula is C14H17BrN4OS. The summed E-state index contributed by atoms with van der Waals surface area (Å²) in [5.74, 6) is -0.0117. The number of ketones is 1. The minimum absolute atomic E-state index is 0. The zero-order valence-corrected chi connectivity index (χ0v) is 14.0. The number of rotatable bonds is 4. The molecule has 0 saturated carbocycles. The molecule has 5 nitrogen and oxygen atoms in total. The van der Waals surface area contributed by atoms with E-state index in [1.807, 2.05) is 18.2 Å². The number of nitrogens with one attached hydrogen (secondary N) is 1. The molecule has 1 fully saturated rings. The number of nitrogens with zero attached hydrogens (tertiary/aromatic N) is 3. The van der Waals surface area contributed by atoms with Crippen LogP contribution in [0.5, 0.6) is 0 Å². The monoisotopic (exact) mass is 368 g/mol. The highest BCUT2D eigenvalue weighted by atomic mass is 79.9. The summed E-state index contributed by atoms with van der Waals surface area (Å²) in [5, 5.41) is 13.2. The first kappa shape index (κ1) is 15.9. The molecule has 1 aromatic carbocycles. The molecule has 0 radical (unpaired) electrons. The summed E-state index contributed by atoms with van der Waals surface area (Å²) in [6.07, 6.45) is 2.35. The molecule has 2 aromatic rings. The standard InChI is InChI=1S/C14H16N4OS.BrH/c15-13-18(10-12(19)11-6-2-1-3-7-11)16-14(20-13)17-8-4-5-9-17;/h1-3,6-7,15H,4-5,8-10H2;1H. The van der Waals surface area contributed by atoms with Crippen LogP contribution in [0.15, 0.2) is 30.3 Å². The second kappa shape index (κ2) is 7.00. The van der Waals surface area contributed by atoms with Crippen LogP contribution in [0.2, 0.25) is 0 Å². The zero-order valence-electron chi connectivity index (χ0n) is 11.5. The topological polar surface area (TPSA) is 62.0 Å². The fourth-order valence-corrected chi connectivity index (χ4v) is 3.14. The van der Waals surface area contributed by atoms with Crippen molar-refractivity contribution in [2.45, 2.75) is 19.4 Å². The molecular weight excluding hydrogens is 352 g/mol. The Morgan fingerprint density at radius 2 is 1.90 bits per heavy atom. The fourth-order valence-electron chi connectivity index (χ4n) is 2.30. The predicted molar refractivity (Wildman–Crippen MR) is 88.5 cm³/mol. The fraction of sp³-hybridized carbons (Fsp3) is 0.357. The number of halogens is 1. The number of carbonyl (C=O) groups is 1. The lowest BCUT2D eigenvalue weighted by molar-refractivity contribution is 0.0966. The van der Waals surface area contributed by atoms with Crippen LogP contribution in [0.1, 0.15) is 23.2 Å². The molecule has 1 N–H and O–H groups in total. The summed E-state index contributed by atoms with van der Waals surface area (Å²) < 4.78 is 1.49. The van der Waals surface area contributed by atoms with Gasteiger partial charge in [0.2, 0.25) is 9.93 Å². The molecule has 1 aliphatic rings. The van der Waals surface area contributed by atoms with Gasteiger partial charge in [0, 0.05) is 18.7 Å². The Hall–Kier alpha value is -1.47. The third kappa shape index (κ3) is 3.59. The minimum atomic E-state index is -0.0117. The van der Waals surface area contributed by atoms with Gasteiger partial charge in [-0.1, -0.05) is 41.7 Å². The molecule has 1 saturated heterocycles. The van der Waals surface area contributed by atoms with Gasteiger partial charge in [0.25, 0.3) is 0 Å². The average Bonchev–Trinajstić information content (AvgIpc) is 3.10. The normalized spacial score (nSPS) is 14.0. The van der Waals surface area contributed by atoms with Crippen LogP contribution in [-0.2, 0) is 6.54 Å². The smallest absolute Gasteiger partial charge is 0.207 e. The Balaban J connectivity index is 0.00000161. The molecule has 1 aliphatic heterocycles. The van der Waals surface area contributed by atoms with E-state index in [0.29, 0.717) is 10.4 Å². The van der Waals surface area contributed by atoms with Crippen molar-refractivity contribution in [2.75, 3.05) is 18.0 Å². The van der Waals surface area contributed by atoms with E-state index >= 15 is 0 Å². The molecule has 0 atom stereocenters. The molecule has 21 heavy (non-hydrogen) atoms. The van der Waals surface area contributed by atoms with Gasteiger partial charge in [-0.15, -0.1) is 22.1 Å². The first-order valence-electron chi connectivity index (χ1n) is 6.70. The lowest BCUT2D eigenvalue weighted by Crippen LogP contribution is -2.22. The van der Waals surface area contributed by atoms with Crippen LogP contribution >= 0.6 is 28.3 Å². The maximum Gasteiger partial charge on any atom is 0.207 e. The van der Waals surface area contributed by atoms with E-state index in [4.69, 9.17) is 5.41 Å². The van der Waals surface area contributed by atoms with Crippen molar-refractivity contribution >= 4 is 39.2 Å². The average molecular weight is 369 g/mol. The second-order valence-electron chi connectivity index (χ2n) is 4.83. The molecule has 0 unspecified atom stereocenters. The third-order valence-corrected chi connectivity index (χ3v) is 4.32. The van der Waals surface area contributed by atoms with Crippen molar-refractivity contribution in [2.24, 2.45) is 0 Å². The zero-order chi connectivity index (χ0) is 13.9. The van der Waals surface area contributed by atoms with Crippen LogP contribution in [0.4, 0.5) is 5.13 Å². The number of anilines is 1. The van der Waals surface area contributed by atoms with Crippen LogP contribution in [0.3, 0.4) is 0 Å². The highest BCUT2D eigenvalue weighted by Crippen LogP contribution is 2.19. The van der Waals surface area contributed by atoms with E-state index < -0.39 is 0 Å². The van der Waals surface area contributed by atoms with Gasteiger partial charge in [-0.2, -0.15) is 0 Å². The summed E-state index contributed by atoms with van der Waals surface area (Å²) in [5.41, 5.74) is 0.662. The van der Waals surface area contributed by atoms with Crippen LogP contribution < -0.4 is 9.70 Å². The molecule has 0 spiro atoms. The number of hydrogen-bond donors (Lipinski definition) is 1. The van der Waals surface area contributed by atoms with Crippen molar-refractivity contribution in [3.63, 3.8) is 0 Å². The Morgan fingerprint density at radius 3 is 2.57 bits per heavy atom. The van der Waals surface area contributed by atoms with Gasteiger partial charge in [-0.25, -0.2) is 4.68 Å². The summed E-state index contributed by atoms with van der Waals surface area (Å²) in [4.78, 5) is 14.7. The summed E-state index contributed by atoms with van der Waals surface area (Å²) in [7, 11) is 0. The van der Waals surface area contributed by atoms with Gasteiger partial charge < -0.3 is 4.90 Å². The largest absolute Gasteiger partial charge is 0.347 e. The maximum atomic E-state index is 12.1. The number of benzene rings is 1. The molecule has 3 rings (SSSR count). The van der Waals surface area contributed by atoms with Crippen molar-refractivity contribution < 1.29 is 4.79 Å². The molecule has 0 bridgehead atoms. The van der Waals surface area contributed by atoms with Crippen LogP contribution in [-0.4, -0.2) is 28.7 Å². The predicted octanol–water partition coefficient (Wildman–Crippen LogP) is 2.49. The Morgan fingerprint density at radius 1 is 1.24 bits per heavy atom. The summed E-state index contributed by atoms with van der Waals surface area (Å²) in [6, 6.07) is 9.15. The Labute approximate surface area is 137 Å². The van der Waals surface area contributed by atoms with Crippen molar-refractivity contribution in [3.8, 4) is 0 Å². The second-order valence-corrected chi connectivity index (χ2v) is 5.79. The SMILES string of the molecule is Br.N=c1sc(N2CCCC2)nn1CC(=O)c1ccccc1. The molecule has 7 heteroatoms. The number of aromatic nitrogens is 2. The number of Topliss-reactive ketones (excluding diaryl/α,β-unsaturated/α-hetero) is 1. The third-order valence-electron chi connectivity index (χ3n) is 3.39. The first-order valence-corrected chi connectivity index (χ1v) is 7.51. The van der Waals surface area contributed by atoms with Gasteiger partial charge in [0.15, 0.2) is 5.78 Å². The molecule has 2 heterocycles.